The van der Waals surface area contributed by atoms with Crippen LogP contribution in [0.2, 0.25) is 5.02 Å². The van der Waals surface area contributed by atoms with Gasteiger partial charge < -0.3 is 4.90 Å². The predicted octanol–water partition coefficient (Wildman–Crippen LogP) is 1.68. The summed E-state index contributed by atoms with van der Waals surface area (Å²) in [7, 11) is -3.31. The van der Waals surface area contributed by atoms with Crippen LogP contribution in [0.3, 0.4) is 0 Å². The average molecular weight is 335 g/mol. The van der Waals surface area contributed by atoms with E-state index in [1.54, 1.807) is 18.7 Å². The molecule has 0 spiro atoms. The van der Waals surface area contributed by atoms with Gasteiger partial charge >= 0.3 is 0 Å². The molecular weight excluding hydrogens is 320 g/mol. The molecule has 1 aliphatic rings. The first-order valence-electron chi connectivity index (χ1n) is 6.17. The van der Waals surface area contributed by atoms with E-state index in [4.69, 9.17) is 11.6 Å². The molecule has 1 saturated heterocycles. The van der Waals surface area contributed by atoms with Gasteiger partial charge in [0.25, 0.3) is 5.91 Å². The molecule has 0 aromatic carbocycles. The lowest BCUT2D eigenvalue weighted by Crippen LogP contribution is -2.50. The summed E-state index contributed by atoms with van der Waals surface area (Å²) in [5, 5.41) is -0.536. The Kier molecular flexibility index (Phi) is 4.93. The Labute approximate surface area is 127 Å². The van der Waals surface area contributed by atoms with E-state index >= 15 is 0 Å². The standard InChI is InChI=1S/C12H15ClN2O3S2/c1-2-20(17,18)11-8-19-6-5-15(11)12(16)9-3-4-14-7-10(9)13/h3-4,7,11H,2,5-6,8H2,1H3. The second-order valence-electron chi connectivity index (χ2n) is 4.34. The van der Waals surface area contributed by atoms with Crippen molar-refractivity contribution >= 4 is 39.1 Å². The topological polar surface area (TPSA) is 67.3 Å². The van der Waals surface area contributed by atoms with Crippen molar-refractivity contribution in [1.29, 1.82) is 0 Å². The highest BCUT2D eigenvalue weighted by atomic mass is 35.5. The van der Waals surface area contributed by atoms with Crippen molar-refractivity contribution in [3.05, 3.63) is 29.0 Å². The zero-order valence-corrected chi connectivity index (χ0v) is 13.3. The van der Waals surface area contributed by atoms with Crippen LogP contribution >= 0.6 is 23.4 Å². The molecule has 1 aromatic heterocycles. The predicted molar refractivity (Wildman–Crippen MR) is 80.9 cm³/mol. The number of hydrogen-bond acceptors (Lipinski definition) is 5. The Balaban J connectivity index is 2.34. The van der Waals surface area contributed by atoms with E-state index in [9.17, 15) is 13.2 Å². The summed E-state index contributed by atoms with van der Waals surface area (Å²) in [5.74, 6) is 0.806. The molecular formula is C12H15ClN2O3S2. The zero-order valence-electron chi connectivity index (χ0n) is 11.0. The molecule has 1 atom stereocenters. The van der Waals surface area contributed by atoms with Gasteiger partial charge in [-0.25, -0.2) is 8.42 Å². The maximum Gasteiger partial charge on any atom is 0.256 e. The van der Waals surface area contributed by atoms with E-state index in [1.165, 1.54) is 23.4 Å². The quantitative estimate of drug-likeness (QED) is 0.841. The van der Waals surface area contributed by atoms with E-state index in [1.807, 2.05) is 0 Å². The molecule has 1 fully saturated rings. The number of sulfone groups is 1. The first-order valence-corrected chi connectivity index (χ1v) is 9.42. The highest BCUT2D eigenvalue weighted by Gasteiger charge is 2.36. The fourth-order valence-electron chi connectivity index (χ4n) is 2.01. The van der Waals surface area contributed by atoms with Crippen molar-refractivity contribution in [3.63, 3.8) is 0 Å². The molecule has 0 bridgehead atoms. The van der Waals surface area contributed by atoms with E-state index < -0.39 is 15.2 Å². The Morgan fingerprint density at radius 2 is 2.35 bits per heavy atom. The molecule has 110 valence electrons. The molecule has 0 N–H and O–H groups in total. The Morgan fingerprint density at radius 3 is 3.00 bits per heavy atom. The Hall–Kier alpha value is -0.790. The molecule has 5 nitrogen and oxygen atoms in total. The molecule has 1 aromatic rings. The monoisotopic (exact) mass is 334 g/mol. The molecule has 1 amide bonds. The lowest BCUT2D eigenvalue weighted by molar-refractivity contribution is 0.0749. The summed E-state index contributed by atoms with van der Waals surface area (Å²) in [6, 6.07) is 1.52. The molecule has 2 rings (SSSR count). The smallest absolute Gasteiger partial charge is 0.256 e. The number of rotatable bonds is 3. The molecule has 2 heterocycles. The van der Waals surface area contributed by atoms with Crippen LogP contribution in [0.15, 0.2) is 18.5 Å². The minimum atomic E-state index is -3.31. The van der Waals surface area contributed by atoms with Gasteiger partial charge in [-0.1, -0.05) is 18.5 Å². The molecule has 0 radical (unpaired) electrons. The summed E-state index contributed by atoms with van der Waals surface area (Å²) in [6.45, 7) is 2.00. The lowest BCUT2D eigenvalue weighted by Gasteiger charge is -2.34. The van der Waals surface area contributed by atoms with Gasteiger partial charge in [0, 0.05) is 36.2 Å². The molecule has 1 aliphatic heterocycles. The van der Waals surface area contributed by atoms with E-state index in [2.05, 4.69) is 4.98 Å². The van der Waals surface area contributed by atoms with Crippen molar-refractivity contribution < 1.29 is 13.2 Å². The van der Waals surface area contributed by atoms with Crippen LogP contribution in [0.1, 0.15) is 17.3 Å². The van der Waals surface area contributed by atoms with E-state index in [0.717, 1.165) is 5.75 Å². The van der Waals surface area contributed by atoms with Crippen molar-refractivity contribution in [2.75, 3.05) is 23.8 Å². The van der Waals surface area contributed by atoms with Crippen LogP contribution in [-0.2, 0) is 9.84 Å². The number of halogens is 1. The normalized spacial score (nSPS) is 19.9. The van der Waals surface area contributed by atoms with Crippen molar-refractivity contribution in [2.24, 2.45) is 0 Å². The minimum Gasteiger partial charge on any atom is -0.320 e. The third kappa shape index (κ3) is 3.10. The number of aromatic nitrogens is 1. The van der Waals surface area contributed by atoms with Crippen LogP contribution in [0.5, 0.6) is 0 Å². The van der Waals surface area contributed by atoms with Crippen LogP contribution in [0.25, 0.3) is 0 Å². The van der Waals surface area contributed by atoms with Crippen molar-refractivity contribution in [1.82, 2.24) is 9.88 Å². The second kappa shape index (κ2) is 6.32. The Bertz CT molecular complexity index is 606. The minimum absolute atomic E-state index is 0.0199. The fraction of sp³-hybridized carbons (Fsp3) is 0.500. The van der Waals surface area contributed by atoms with Crippen LogP contribution in [0, 0.1) is 0 Å². The Morgan fingerprint density at radius 1 is 1.60 bits per heavy atom. The number of nitrogens with zero attached hydrogens (tertiary/aromatic N) is 2. The van der Waals surface area contributed by atoms with Crippen LogP contribution in [0.4, 0.5) is 0 Å². The van der Waals surface area contributed by atoms with Crippen LogP contribution in [-0.4, -0.2) is 53.4 Å². The van der Waals surface area contributed by atoms with Gasteiger partial charge in [-0.3, -0.25) is 9.78 Å². The number of thioether (sulfide) groups is 1. The first-order chi connectivity index (χ1) is 9.47. The first kappa shape index (κ1) is 15.6. The highest BCUT2D eigenvalue weighted by Crippen LogP contribution is 2.25. The lowest BCUT2D eigenvalue weighted by atomic mass is 10.2. The molecule has 20 heavy (non-hydrogen) atoms. The van der Waals surface area contributed by atoms with Gasteiger partial charge in [0.1, 0.15) is 5.37 Å². The van der Waals surface area contributed by atoms with Crippen molar-refractivity contribution in [3.8, 4) is 0 Å². The van der Waals surface area contributed by atoms with E-state index in [-0.39, 0.29) is 16.7 Å². The summed E-state index contributed by atoms with van der Waals surface area (Å²) in [4.78, 5) is 17.8. The maximum absolute atomic E-state index is 12.5. The molecule has 0 aliphatic carbocycles. The third-order valence-corrected chi connectivity index (χ3v) is 6.76. The highest BCUT2D eigenvalue weighted by molar-refractivity contribution is 8.01. The van der Waals surface area contributed by atoms with Gasteiger partial charge in [-0.15, -0.1) is 0 Å². The number of pyridine rings is 1. The average Bonchev–Trinajstić information content (AvgIpc) is 2.47. The number of carbonyl (C=O) groups is 1. The van der Waals surface area contributed by atoms with Gasteiger partial charge in [-0.05, 0) is 6.07 Å². The fourth-order valence-corrected chi connectivity index (χ4v) is 5.17. The summed E-state index contributed by atoms with van der Waals surface area (Å²) in [6.07, 6.45) is 2.86. The molecule has 8 heteroatoms. The zero-order chi connectivity index (χ0) is 14.8. The largest absolute Gasteiger partial charge is 0.320 e. The number of amides is 1. The second-order valence-corrected chi connectivity index (χ2v) is 8.34. The third-order valence-electron chi connectivity index (χ3n) is 3.17. The summed E-state index contributed by atoms with van der Waals surface area (Å²) in [5.41, 5.74) is 0.296. The molecule has 0 saturated carbocycles. The van der Waals surface area contributed by atoms with E-state index in [0.29, 0.717) is 17.9 Å². The van der Waals surface area contributed by atoms with Gasteiger partial charge in [0.05, 0.1) is 10.6 Å². The number of hydrogen-bond donors (Lipinski definition) is 0. The van der Waals surface area contributed by atoms with Crippen molar-refractivity contribution in [2.45, 2.75) is 12.3 Å². The molecule has 1 unspecified atom stereocenters. The van der Waals surface area contributed by atoms with Gasteiger partial charge in [0.15, 0.2) is 9.84 Å². The summed E-state index contributed by atoms with van der Waals surface area (Å²) >= 11 is 7.52. The SMILES string of the molecule is CCS(=O)(=O)C1CSCCN1C(=O)c1ccncc1Cl. The summed E-state index contributed by atoms with van der Waals surface area (Å²) < 4.78 is 24.3. The van der Waals surface area contributed by atoms with Gasteiger partial charge in [0.2, 0.25) is 0 Å². The van der Waals surface area contributed by atoms with Crippen LogP contribution < -0.4 is 0 Å². The number of carbonyl (C=O) groups excluding carboxylic acids is 1. The maximum atomic E-state index is 12.5. The van der Waals surface area contributed by atoms with Gasteiger partial charge in [-0.2, -0.15) is 11.8 Å².